The quantitative estimate of drug-likeness (QED) is 0.338. The van der Waals surface area contributed by atoms with Crippen LogP contribution in [0.1, 0.15) is 38.3 Å². The van der Waals surface area contributed by atoms with Gasteiger partial charge in [0.25, 0.3) is 11.8 Å². The summed E-state index contributed by atoms with van der Waals surface area (Å²) in [6.07, 6.45) is 12.6. The van der Waals surface area contributed by atoms with E-state index in [1.54, 1.807) is 24.3 Å². The lowest BCUT2D eigenvalue weighted by molar-refractivity contribution is 0.0645. The van der Waals surface area contributed by atoms with E-state index in [-0.39, 0.29) is 15.9 Å². The Balaban J connectivity index is 1.44. The first-order valence-corrected chi connectivity index (χ1v) is 10.3. The van der Waals surface area contributed by atoms with Gasteiger partial charge in [-0.2, -0.15) is 0 Å². The molecule has 2 aromatic rings. The standard InChI is InChI=1S/C23H18INO3/c24-21(14-15-25-22(26)18-11-5-6-12-19(18)23(25)27)28-20-13-7-9-16-8-3-1-2-4-10-17(16)20/h1-13,21H,14-15H2/b2-1-,3-1?,4-2?,8-3?,10-4-,16-8?,17-10?/t21-/m1/s1. The van der Waals surface area contributed by atoms with Crippen LogP contribution in [-0.2, 0) is 0 Å². The highest BCUT2D eigenvalue weighted by Crippen LogP contribution is 2.29. The molecule has 0 unspecified atom stereocenters. The lowest BCUT2D eigenvalue weighted by Crippen LogP contribution is -2.32. The number of benzene rings is 2. The van der Waals surface area contributed by atoms with E-state index in [0.29, 0.717) is 24.1 Å². The van der Waals surface area contributed by atoms with E-state index in [0.717, 1.165) is 16.9 Å². The predicted molar refractivity (Wildman–Crippen MR) is 119 cm³/mol. The number of hydrogen-bond acceptors (Lipinski definition) is 3. The third-order valence-corrected chi connectivity index (χ3v) is 5.56. The molecule has 0 spiro atoms. The summed E-state index contributed by atoms with van der Waals surface area (Å²) in [5, 5.41) is 0. The van der Waals surface area contributed by atoms with Gasteiger partial charge in [0.2, 0.25) is 0 Å². The van der Waals surface area contributed by atoms with Crippen molar-refractivity contribution >= 4 is 46.6 Å². The number of nitrogens with zero attached hydrogens (tertiary/aromatic N) is 1. The second kappa shape index (κ2) is 8.14. The number of imide groups is 1. The Labute approximate surface area is 177 Å². The summed E-state index contributed by atoms with van der Waals surface area (Å²) in [5.41, 5.74) is 3.06. The first-order chi connectivity index (χ1) is 13.6. The Kier molecular flexibility index (Phi) is 5.43. The molecule has 0 saturated heterocycles. The molecule has 1 aliphatic heterocycles. The van der Waals surface area contributed by atoms with Crippen LogP contribution in [0.3, 0.4) is 0 Å². The van der Waals surface area contributed by atoms with Crippen LogP contribution >= 0.6 is 22.6 Å². The zero-order valence-corrected chi connectivity index (χ0v) is 17.2. The monoisotopic (exact) mass is 483 g/mol. The Bertz CT molecular complexity index is 987. The molecule has 4 nitrogen and oxygen atoms in total. The zero-order valence-electron chi connectivity index (χ0n) is 15.0. The fourth-order valence-corrected chi connectivity index (χ4v) is 3.85. The van der Waals surface area contributed by atoms with Crippen molar-refractivity contribution in [3.8, 4) is 5.75 Å². The van der Waals surface area contributed by atoms with Crippen LogP contribution in [0, 0.1) is 0 Å². The second-order valence-electron chi connectivity index (χ2n) is 6.49. The molecule has 5 heteroatoms. The minimum absolute atomic E-state index is 0.174. The third kappa shape index (κ3) is 3.67. The summed E-state index contributed by atoms with van der Waals surface area (Å²) in [5.74, 6) is 0.332. The molecule has 1 atom stereocenters. The maximum absolute atomic E-state index is 12.5. The van der Waals surface area contributed by atoms with Gasteiger partial charge in [-0.15, -0.1) is 0 Å². The largest absolute Gasteiger partial charge is 0.479 e. The van der Waals surface area contributed by atoms with Gasteiger partial charge in [0.05, 0.1) is 11.1 Å². The molecule has 0 fully saturated rings. The highest BCUT2D eigenvalue weighted by atomic mass is 127. The molecule has 0 radical (unpaired) electrons. The number of allylic oxidation sites excluding steroid dienone is 4. The molecule has 28 heavy (non-hydrogen) atoms. The molecule has 0 aromatic heterocycles. The average Bonchev–Trinajstić information content (AvgIpc) is 2.92. The van der Waals surface area contributed by atoms with Crippen LogP contribution in [0.5, 0.6) is 5.75 Å². The van der Waals surface area contributed by atoms with E-state index in [1.165, 1.54) is 4.90 Å². The molecule has 0 N–H and O–H groups in total. The Morgan fingerprint density at radius 3 is 2.25 bits per heavy atom. The van der Waals surface area contributed by atoms with Crippen molar-refractivity contribution in [1.82, 2.24) is 4.90 Å². The number of rotatable bonds is 5. The van der Waals surface area contributed by atoms with Crippen LogP contribution in [0.4, 0.5) is 0 Å². The molecule has 2 aliphatic rings. The topological polar surface area (TPSA) is 46.6 Å². The highest BCUT2D eigenvalue weighted by molar-refractivity contribution is 14.1. The molecule has 2 amide bonds. The zero-order chi connectivity index (χ0) is 19.5. The second-order valence-corrected chi connectivity index (χ2v) is 7.88. The molecule has 4 rings (SSSR count). The number of halogens is 1. The van der Waals surface area contributed by atoms with Crippen molar-refractivity contribution in [3.63, 3.8) is 0 Å². The van der Waals surface area contributed by atoms with Gasteiger partial charge >= 0.3 is 0 Å². The van der Waals surface area contributed by atoms with Crippen molar-refractivity contribution in [3.05, 3.63) is 89.0 Å². The summed E-state index contributed by atoms with van der Waals surface area (Å²) in [6, 6.07) is 12.9. The number of ether oxygens (including phenoxy) is 1. The number of carbonyl (C=O) groups is 2. The Hall–Kier alpha value is -2.67. The number of fused-ring (bicyclic) bond motifs is 2. The number of amides is 2. The van der Waals surface area contributed by atoms with Gasteiger partial charge in [-0.05, 0) is 46.4 Å². The SMILES string of the molecule is O=C1c2ccccc2C(=O)N1CC[C@H](I)Oc1cccc2c1/C=C\C=C/C=C2. The van der Waals surface area contributed by atoms with E-state index >= 15 is 0 Å². The predicted octanol–water partition coefficient (Wildman–Crippen LogP) is 5.11. The lowest BCUT2D eigenvalue weighted by Gasteiger charge is -2.19. The molecular weight excluding hydrogens is 465 g/mol. The van der Waals surface area contributed by atoms with E-state index in [2.05, 4.69) is 22.6 Å². The summed E-state index contributed by atoms with van der Waals surface area (Å²) in [7, 11) is 0. The molecule has 2 aromatic carbocycles. The first-order valence-electron chi connectivity index (χ1n) is 9.05. The van der Waals surface area contributed by atoms with Gasteiger partial charge in [0.15, 0.2) is 4.11 Å². The highest BCUT2D eigenvalue weighted by Gasteiger charge is 2.35. The van der Waals surface area contributed by atoms with Gasteiger partial charge in [-0.1, -0.05) is 60.7 Å². The number of carbonyl (C=O) groups excluding carboxylic acids is 2. The van der Waals surface area contributed by atoms with Crippen LogP contribution in [0.15, 0.2) is 66.8 Å². The summed E-state index contributed by atoms with van der Waals surface area (Å²) < 4.78 is 5.97. The summed E-state index contributed by atoms with van der Waals surface area (Å²) in [4.78, 5) is 26.3. The number of alkyl halides is 1. The molecule has 1 aliphatic carbocycles. The molecule has 1 heterocycles. The van der Waals surface area contributed by atoms with Gasteiger partial charge < -0.3 is 4.74 Å². The van der Waals surface area contributed by atoms with Crippen molar-refractivity contribution in [2.75, 3.05) is 6.54 Å². The Morgan fingerprint density at radius 2 is 1.54 bits per heavy atom. The normalized spacial score (nSPS) is 18.1. The Morgan fingerprint density at radius 1 is 0.857 bits per heavy atom. The lowest BCUT2D eigenvalue weighted by atomic mass is 10.0. The first kappa shape index (κ1) is 18.7. The third-order valence-electron chi connectivity index (χ3n) is 4.68. The van der Waals surface area contributed by atoms with Gasteiger partial charge in [-0.3, -0.25) is 14.5 Å². The minimum Gasteiger partial charge on any atom is -0.479 e. The van der Waals surface area contributed by atoms with Gasteiger partial charge in [0, 0.05) is 18.5 Å². The maximum Gasteiger partial charge on any atom is 0.261 e. The maximum atomic E-state index is 12.5. The van der Waals surface area contributed by atoms with E-state index in [1.807, 2.05) is 54.7 Å². The summed E-state index contributed by atoms with van der Waals surface area (Å²) >= 11 is 2.21. The fraction of sp³-hybridized carbons (Fsp3) is 0.130. The molecule has 0 bridgehead atoms. The average molecular weight is 483 g/mol. The van der Waals surface area contributed by atoms with Crippen molar-refractivity contribution < 1.29 is 14.3 Å². The van der Waals surface area contributed by atoms with Crippen LogP contribution in [0.25, 0.3) is 12.2 Å². The van der Waals surface area contributed by atoms with E-state index in [4.69, 9.17) is 4.74 Å². The van der Waals surface area contributed by atoms with E-state index < -0.39 is 0 Å². The van der Waals surface area contributed by atoms with Crippen LogP contribution in [0.2, 0.25) is 0 Å². The van der Waals surface area contributed by atoms with Crippen molar-refractivity contribution in [1.29, 1.82) is 0 Å². The smallest absolute Gasteiger partial charge is 0.261 e. The summed E-state index contributed by atoms with van der Waals surface area (Å²) in [6.45, 7) is 0.327. The van der Waals surface area contributed by atoms with Gasteiger partial charge in [0.1, 0.15) is 5.75 Å². The number of hydrogen-bond donors (Lipinski definition) is 0. The van der Waals surface area contributed by atoms with Crippen LogP contribution < -0.4 is 4.74 Å². The van der Waals surface area contributed by atoms with Gasteiger partial charge in [-0.25, -0.2) is 0 Å². The minimum atomic E-state index is -0.228. The fourth-order valence-electron chi connectivity index (χ4n) is 3.30. The van der Waals surface area contributed by atoms with E-state index in [9.17, 15) is 9.59 Å². The van der Waals surface area contributed by atoms with Crippen LogP contribution in [-0.4, -0.2) is 27.4 Å². The molecule has 0 saturated carbocycles. The molecular formula is C23H18INO3. The van der Waals surface area contributed by atoms with Crippen molar-refractivity contribution in [2.45, 2.75) is 10.5 Å². The van der Waals surface area contributed by atoms with Crippen molar-refractivity contribution in [2.24, 2.45) is 0 Å². The molecule has 140 valence electrons.